The second-order valence-corrected chi connectivity index (χ2v) is 6.80. The minimum atomic E-state index is -0.878. The van der Waals surface area contributed by atoms with Gasteiger partial charge < -0.3 is 15.6 Å². The van der Waals surface area contributed by atoms with Crippen molar-refractivity contribution in [2.75, 3.05) is 16.9 Å². The van der Waals surface area contributed by atoms with Crippen molar-refractivity contribution in [3.8, 4) is 0 Å². The van der Waals surface area contributed by atoms with Crippen molar-refractivity contribution in [1.29, 1.82) is 0 Å². The van der Waals surface area contributed by atoms with E-state index in [0.717, 1.165) is 11.1 Å². The van der Waals surface area contributed by atoms with E-state index in [9.17, 15) is 14.4 Å². The van der Waals surface area contributed by atoms with Crippen LogP contribution in [0.2, 0.25) is 0 Å². The molecular formula is C17H18N4O3S. The molecule has 0 spiro atoms. The van der Waals surface area contributed by atoms with Crippen molar-refractivity contribution in [1.82, 2.24) is 9.97 Å². The Morgan fingerprint density at radius 2 is 1.92 bits per heavy atom. The largest absolute Gasteiger partial charge is 0.326 e. The first-order valence-corrected chi connectivity index (χ1v) is 8.97. The Kier molecular flexibility index (Phi) is 4.63. The third-order valence-electron chi connectivity index (χ3n) is 3.93. The van der Waals surface area contributed by atoms with E-state index in [1.54, 1.807) is 6.26 Å². The predicted octanol–water partition coefficient (Wildman–Crippen LogP) is 2.17. The number of carbonyl (C=O) groups is 2. The van der Waals surface area contributed by atoms with Gasteiger partial charge in [-0.15, -0.1) is 0 Å². The molecule has 2 amide bonds. The minimum absolute atomic E-state index is 0.0903. The van der Waals surface area contributed by atoms with Crippen LogP contribution in [0.5, 0.6) is 0 Å². The Morgan fingerprint density at radius 1 is 1.24 bits per heavy atom. The number of anilines is 2. The molecule has 3 rings (SSSR count). The number of aryl methyl sites for hydroxylation is 2. The molecule has 130 valence electrons. The van der Waals surface area contributed by atoms with Crippen LogP contribution in [0, 0.1) is 13.8 Å². The fourth-order valence-electron chi connectivity index (χ4n) is 2.95. The molecule has 3 N–H and O–H groups in total. The highest BCUT2D eigenvalue weighted by molar-refractivity contribution is 7.98. The molecule has 7 nitrogen and oxygen atoms in total. The number of nitrogens with one attached hydrogen (secondary N) is 3. The van der Waals surface area contributed by atoms with Crippen LogP contribution in [0.25, 0.3) is 0 Å². The van der Waals surface area contributed by atoms with Crippen molar-refractivity contribution in [2.24, 2.45) is 0 Å². The molecule has 0 fully saturated rings. The maximum absolute atomic E-state index is 12.7. The van der Waals surface area contributed by atoms with Crippen molar-refractivity contribution in [3.05, 3.63) is 45.2 Å². The fourth-order valence-corrected chi connectivity index (χ4v) is 3.32. The maximum Gasteiger partial charge on any atom is 0.257 e. The molecule has 1 aromatic carbocycles. The van der Waals surface area contributed by atoms with Gasteiger partial charge >= 0.3 is 0 Å². The standard InChI is InChI=1S/C17H18N4O3S/c1-8-4-9(2)6-10(5-8)18-15(23)11-7-12(22)19-14-13(11)16(24)21-17(20-14)25-3/h4-6,11H,7H2,1-3H3,(H,18,23)(H2,19,20,21,22,24)/t11-/m0/s1. The summed E-state index contributed by atoms with van der Waals surface area (Å²) in [5.41, 5.74) is 2.46. The minimum Gasteiger partial charge on any atom is -0.326 e. The SMILES string of the molecule is CSc1nc2c(c(=O)[nH]1)[C@@H](C(=O)Nc1cc(C)cc(C)c1)CC(=O)N2. The van der Waals surface area contributed by atoms with E-state index in [4.69, 9.17) is 0 Å². The van der Waals surface area contributed by atoms with Gasteiger partial charge in [0.25, 0.3) is 5.56 Å². The fraction of sp³-hybridized carbons (Fsp3) is 0.294. The topological polar surface area (TPSA) is 104 Å². The lowest BCUT2D eigenvalue weighted by molar-refractivity contribution is -0.123. The van der Waals surface area contributed by atoms with Crippen LogP contribution in [-0.4, -0.2) is 28.0 Å². The van der Waals surface area contributed by atoms with E-state index in [0.29, 0.717) is 10.8 Å². The number of hydrogen-bond donors (Lipinski definition) is 3. The molecular weight excluding hydrogens is 340 g/mol. The van der Waals surface area contributed by atoms with Crippen LogP contribution < -0.4 is 16.2 Å². The molecule has 1 aliphatic heterocycles. The van der Waals surface area contributed by atoms with Gasteiger partial charge in [-0.1, -0.05) is 17.8 Å². The highest BCUT2D eigenvalue weighted by Crippen LogP contribution is 2.30. The molecule has 0 aliphatic carbocycles. The molecule has 0 unspecified atom stereocenters. The average molecular weight is 358 g/mol. The van der Waals surface area contributed by atoms with Gasteiger partial charge in [0.2, 0.25) is 11.8 Å². The molecule has 8 heteroatoms. The summed E-state index contributed by atoms with van der Waals surface area (Å²) in [5.74, 6) is -1.45. The van der Waals surface area contributed by atoms with E-state index in [-0.39, 0.29) is 23.7 Å². The molecule has 1 aromatic heterocycles. The number of amides is 2. The highest BCUT2D eigenvalue weighted by atomic mass is 32.2. The maximum atomic E-state index is 12.7. The van der Waals surface area contributed by atoms with E-state index in [1.165, 1.54) is 11.8 Å². The number of H-pyrrole nitrogens is 1. The van der Waals surface area contributed by atoms with Crippen molar-refractivity contribution in [2.45, 2.75) is 31.3 Å². The van der Waals surface area contributed by atoms with E-state index >= 15 is 0 Å². The van der Waals surface area contributed by atoms with Crippen LogP contribution >= 0.6 is 11.8 Å². The predicted molar refractivity (Wildman–Crippen MR) is 97.2 cm³/mol. The number of aromatic nitrogens is 2. The number of carbonyl (C=O) groups excluding carboxylic acids is 2. The van der Waals surface area contributed by atoms with Crippen LogP contribution in [0.1, 0.15) is 29.0 Å². The molecule has 0 saturated heterocycles. The Balaban J connectivity index is 1.96. The molecule has 2 heterocycles. The first-order valence-electron chi connectivity index (χ1n) is 7.74. The van der Waals surface area contributed by atoms with Crippen molar-refractivity contribution in [3.63, 3.8) is 0 Å². The van der Waals surface area contributed by atoms with Gasteiger partial charge in [0.1, 0.15) is 5.82 Å². The van der Waals surface area contributed by atoms with Crippen LogP contribution in [-0.2, 0) is 9.59 Å². The number of thioether (sulfide) groups is 1. The summed E-state index contributed by atoms with van der Waals surface area (Å²) in [4.78, 5) is 43.9. The highest BCUT2D eigenvalue weighted by Gasteiger charge is 2.34. The monoisotopic (exact) mass is 358 g/mol. The summed E-state index contributed by atoms with van der Waals surface area (Å²) in [6.07, 6.45) is 1.67. The number of benzene rings is 1. The lowest BCUT2D eigenvalue weighted by atomic mass is 9.92. The third kappa shape index (κ3) is 3.58. The first-order chi connectivity index (χ1) is 11.9. The number of rotatable bonds is 3. The van der Waals surface area contributed by atoms with E-state index in [1.807, 2.05) is 32.0 Å². The van der Waals surface area contributed by atoms with Gasteiger partial charge in [-0.25, -0.2) is 4.98 Å². The molecule has 0 radical (unpaired) electrons. The Hall–Kier alpha value is -2.61. The average Bonchev–Trinajstić information content (AvgIpc) is 2.52. The zero-order valence-electron chi connectivity index (χ0n) is 14.1. The number of nitrogens with zero attached hydrogens (tertiary/aromatic N) is 1. The quantitative estimate of drug-likeness (QED) is 0.576. The Bertz CT molecular complexity index is 902. The molecule has 25 heavy (non-hydrogen) atoms. The number of hydrogen-bond acceptors (Lipinski definition) is 5. The Morgan fingerprint density at radius 3 is 2.56 bits per heavy atom. The van der Waals surface area contributed by atoms with E-state index < -0.39 is 17.4 Å². The lowest BCUT2D eigenvalue weighted by Crippen LogP contribution is -2.36. The summed E-state index contributed by atoms with van der Waals surface area (Å²) in [6, 6.07) is 5.68. The zero-order valence-corrected chi connectivity index (χ0v) is 14.9. The van der Waals surface area contributed by atoms with Crippen molar-refractivity contribution >= 4 is 35.1 Å². The molecule has 1 atom stereocenters. The molecule has 0 bridgehead atoms. The summed E-state index contributed by atoms with van der Waals surface area (Å²) in [5, 5.41) is 5.77. The lowest BCUT2D eigenvalue weighted by Gasteiger charge is -2.23. The number of aromatic amines is 1. The van der Waals surface area contributed by atoms with Gasteiger partial charge in [-0.05, 0) is 43.4 Å². The second kappa shape index (κ2) is 6.72. The smallest absolute Gasteiger partial charge is 0.257 e. The van der Waals surface area contributed by atoms with Crippen LogP contribution in [0.4, 0.5) is 11.5 Å². The normalized spacial score (nSPS) is 16.1. The van der Waals surface area contributed by atoms with Gasteiger partial charge in [-0.2, -0.15) is 0 Å². The molecule has 2 aromatic rings. The summed E-state index contributed by atoms with van der Waals surface area (Å²) < 4.78 is 0. The van der Waals surface area contributed by atoms with Crippen LogP contribution in [0.3, 0.4) is 0 Å². The zero-order chi connectivity index (χ0) is 18.1. The van der Waals surface area contributed by atoms with Gasteiger partial charge in [0.15, 0.2) is 5.16 Å². The summed E-state index contributed by atoms with van der Waals surface area (Å²) in [6.45, 7) is 3.87. The van der Waals surface area contributed by atoms with Crippen LogP contribution in [0.15, 0.2) is 28.2 Å². The van der Waals surface area contributed by atoms with Gasteiger partial charge in [0.05, 0.1) is 11.5 Å². The van der Waals surface area contributed by atoms with Crippen molar-refractivity contribution < 1.29 is 9.59 Å². The summed E-state index contributed by atoms with van der Waals surface area (Å²) in [7, 11) is 0. The third-order valence-corrected chi connectivity index (χ3v) is 4.51. The van der Waals surface area contributed by atoms with E-state index in [2.05, 4.69) is 20.6 Å². The first kappa shape index (κ1) is 17.2. The van der Waals surface area contributed by atoms with Gasteiger partial charge in [-0.3, -0.25) is 14.4 Å². The second-order valence-electron chi connectivity index (χ2n) is 6.01. The summed E-state index contributed by atoms with van der Waals surface area (Å²) >= 11 is 1.25. The Labute approximate surface area is 148 Å². The van der Waals surface area contributed by atoms with Gasteiger partial charge in [0, 0.05) is 12.1 Å². The number of fused-ring (bicyclic) bond motifs is 1. The molecule has 0 saturated carbocycles. The molecule has 1 aliphatic rings.